The van der Waals surface area contributed by atoms with Crippen molar-refractivity contribution in [3.05, 3.63) is 83.9 Å². The van der Waals surface area contributed by atoms with Gasteiger partial charge in [-0.15, -0.1) is 0 Å². The number of benzene rings is 2. The highest BCUT2D eigenvalue weighted by Gasteiger charge is 2.50. The monoisotopic (exact) mass is 416 g/mol. The fourth-order valence-electron chi connectivity index (χ4n) is 6.39. The fraction of sp³-hybridized carbons (Fsp3) is 0.517. The summed E-state index contributed by atoms with van der Waals surface area (Å²) in [6.07, 6.45) is 12.7. The van der Waals surface area contributed by atoms with E-state index in [1.165, 1.54) is 49.8 Å². The van der Waals surface area contributed by atoms with Gasteiger partial charge in [0.1, 0.15) is 0 Å². The Labute approximate surface area is 190 Å². The second-order valence-corrected chi connectivity index (χ2v) is 10.0. The largest absolute Gasteiger partial charge is 0.309 e. The van der Waals surface area contributed by atoms with Crippen molar-refractivity contribution >= 4 is 0 Å². The zero-order chi connectivity index (χ0) is 21.7. The highest BCUT2D eigenvalue weighted by atomic mass is 15.1. The normalized spacial score (nSPS) is 29.4. The Kier molecular flexibility index (Phi) is 7.30. The molecule has 0 spiro atoms. The average Bonchev–Trinajstić information content (AvgIpc) is 2.79. The molecule has 1 aliphatic carbocycles. The van der Waals surface area contributed by atoms with Gasteiger partial charge >= 0.3 is 0 Å². The third-order valence-corrected chi connectivity index (χ3v) is 7.81. The molecule has 2 heteroatoms. The van der Waals surface area contributed by atoms with Crippen LogP contribution in [0, 0.1) is 5.92 Å². The quantitative estimate of drug-likeness (QED) is 0.397. The molecule has 2 aliphatic rings. The maximum atomic E-state index is 2.65. The van der Waals surface area contributed by atoms with E-state index < -0.39 is 0 Å². The summed E-state index contributed by atoms with van der Waals surface area (Å²) in [4.78, 5) is 4.94. The van der Waals surface area contributed by atoms with E-state index in [-0.39, 0.29) is 5.41 Å². The lowest BCUT2D eigenvalue weighted by Crippen LogP contribution is -2.53. The number of unbranched alkanes of at least 4 members (excludes halogenated alkanes) is 1. The van der Waals surface area contributed by atoms with Gasteiger partial charge in [0, 0.05) is 17.4 Å². The molecule has 0 amide bonds. The average molecular weight is 417 g/mol. The van der Waals surface area contributed by atoms with Crippen LogP contribution in [-0.2, 0) is 5.41 Å². The lowest BCUT2D eigenvalue weighted by molar-refractivity contribution is 0.0409. The summed E-state index contributed by atoms with van der Waals surface area (Å²) < 4.78 is 0. The van der Waals surface area contributed by atoms with Crippen LogP contribution in [0.25, 0.3) is 0 Å². The van der Waals surface area contributed by atoms with Crippen LogP contribution in [0.3, 0.4) is 0 Å². The van der Waals surface area contributed by atoms with E-state index in [2.05, 4.69) is 104 Å². The van der Waals surface area contributed by atoms with Crippen molar-refractivity contribution in [2.24, 2.45) is 5.92 Å². The molecule has 31 heavy (non-hydrogen) atoms. The van der Waals surface area contributed by atoms with Gasteiger partial charge in [0.15, 0.2) is 0 Å². The zero-order valence-corrected chi connectivity index (χ0v) is 19.7. The molecular formula is C29H40N2. The van der Waals surface area contributed by atoms with Crippen molar-refractivity contribution in [1.29, 1.82) is 0 Å². The predicted octanol–water partition coefficient (Wildman–Crippen LogP) is 6.11. The molecule has 1 aliphatic heterocycles. The summed E-state index contributed by atoms with van der Waals surface area (Å²) in [7, 11) is 6.69. The molecule has 2 aromatic carbocycles. The van der Waals surface area contributed by atoms with Crippen molar-refractivity contribution in [3.63, 3.8) is 0 Å². The highest BCUT2D eigenvalue weighted by Crippen LogP contribution is 2.56. The number of hydrogen-bond donors (Lipinski definition) is 0. The smallest absolute Gasteiger partial charge is 0.0204 e. The number of hydrogen-bond acceptors (Lipinski definition) is 2. The van der Waals surface area contributed by atoms with Crippen molar-refractivity contribution in [3.8, 4) is 0 Å². The maximum Gasteiger partial charge on any atom is 0.0204 e. The van der Waals surface area contributed by atoms with Crippen LogP contribution in [0.2, 0.25) is 0 Å². The van der Waals surface area contributed by atoms with Gasteiger partial charge < -0.3 is 9.80 Å². The molecule has 2 nitrogen and oxygen atoms in total. The molecule has 4 unspecified atom stereocenters. The molecule has 1 heterocycles. The summed E-state index contributed by atoms with van der Waals surface area (Å²) in [5.41, 5.74) is 3.11. The number of rotatable bonds is 7. The molecule has 1 saturated heterocycles. The summed E-state index contributed by atoms with van der Waals surface area (Å²) in [5, 5.41) is 0. The Morgan fingerprint density at radius 1 is 1.00 bits per heavy atom. The number of nitrogens with zero attached hydrogens (tertiary/aromatic N) is 2. The SMILES string of the molecule is CN(C)CCC/C=C/C1(c2ccccc2)CCC2C(CCCN2C)C1c1ccccc1. The third kappa shape index (κ3) is 4.81. The molecule has 0 bridgehead atoms. The van der Waals surface area contributed by atoms with E-state index in [0.717, 1.165) is 13.0 Å². The van der Waals surface area contributed by atoms with Gasteiger partial charge in [0.25, 0.3) is 0 Å². The highest BCUT2D eigenvalue weighted by molar-refractivity contribution is 5.41. The van der Waals surface area contributed by atoms with Crippen LogP contribution in [0.1, 0.15) is 55.6 Å². The van der Waals surface area contributed by atoms with E-state index in [0.29, 0.717) is 17.9 Å². The third-order valence-electron chi connectivity index (χ3n) is 7.81. The van der Waals surface area contributed by atoms with E-state index >= 15 is 0 Å². The molecule has 0 N–H and O–H groups in total. The second-order valence-electron chi connectivity index (χ2n) is 10.0. The van der Waals surface area contributed by atoms with E-state index in [4.69, 9.17) is 0 Å². The van der Waals surface area contributed by atoms with Gasteiger partial charge in [-0.2, -0.15) is 0 Å². The Hall–Kier alpha value is -1.90. The first-order valence-electron chi connectivity index (χ1n) is 12.2. The molecule has 166 valence electrons. The molecule has 4 atom stereocenters. The summed E-state index contributed by atoms with van der Waals surface area (Å²) >= 11 is 0. The molecule has 4 rings (SSSR count). The minimum absolute atomic E-state index is 0.0834. The topological polar surface area (TPSA) is 6.48 Å². The van der Waals surface area contributed by atoms with Gasteiger partial charge in [-0.1, -0.05) is 72.8 Å². The molecule has 0 aromatic heterocycles. The number of piperidine rings is 1. The van der Waals surface area contributed by atoms with Crippen molar-refractivity contribution in [2.45, 2.75) is 55.9 Å². The minimum atomic E-state index is 0.0834. The lowest BCUT2D eigenvalue weighted by Gasteiger charge is -2.55. The van der Waals surface area contributed by atoms with Gasteiger partial charge in [-0.05, 0) is 89.8 Å². The Morgan fingerprint density at radius 2 is 1.71 bits per heavy atom. The van der Waals surface area contributed by atoms with E-state index in [1.807, 2.05) is 0 Å². The van der Waals surface area contributed by atoms with Crippen LogP contribution in [0.5, 0.6) is 0 Å². The zero-order valence-electron chi connectivity index (χ0n) is 19.7. The molecular weight excluding hydrogens is 376 g/mol. The Morgan fingerprint density at radius 3 is 2.42 bits per heavy atom. The standard InChI is InChI=1S/C29H40N2/c1-30(2)22-12-6-11-20-29(25-16-9-5-10-17-25)21-19-27-26(18-13-23-31(27)3)28(29)24-14-7-4-8-15-24/h4-5,7-11,14-17,20,26-28H,6,12-13,18-19,21-23H2,1-3H3/b20-11+. The van der Waals surface area contributed by atoms with Crippen LogP contribution >= 0.6 is 0 Å². The van der Waals surface area contributed by atoms with Gasteiger partial charge in [-0.3, -0.25) is 0 Å². The Balaban J connectivity index is 1.76. The number of likely N-dealkylation sites (tertiary alicyclic amines) is 1. The minimum Gasteiger partial charge on any atom is -0.309 e. The summed E-state index contributed by atoms with van der Waals surface area (Å²) in [6, 6.07) is 23.5. The molecule has 2 aromatic rings. The fourth-order valence-corrected chi connectivity index (χ4v) is 6.39. The predicted molar refractivity (Wildman–Crippen MR) is 133 cm³/mol. The summed E-state index contributed by atoms with van der Waals surface area (Å²) in [5.74, 6) is 1.24. The number of allylic oxidation sites excluding steroid dienone is 2. The molecule has 0 radical (unpaired) electrons. The van der Waals surface area contributed by atoms with Crippen LogP contribution in [-0.4, -0.2) is 50.1 Å². The lowest BCUT2D eigenvalue weighted by atomic mass is 9.53. The van der Waals surface area contributed by atoms with Gasteiger partial charge in [0.05, 0.1) is 0 Å². The van der Waals surface area contributed by atoms with Crippen LogP contribution < -0.4 is 0 Å². The first-order valence-corrected chi connectivity index (χ1v) is 12.2. The van der Waals surface area contributed by atoms with Crippen molar-refractivity contribution in [1.82, 2.24) is 9.80 Å². The maximum absolute atomic E-state index is 2.65. The summed E-state index contributed by atoms with van der Waals surface area (Å²) in [6.45, 7) is 2.40. The van der Waals surface area contributed by atoms with Gasteiger partial charge in [0.2, 0.25) is 0 Å². The number of fused-ring (bicyclic) bond motifs is 1. The molecule has 2 fully saturated rings. The first kappa shape index (κ1) is 22.3. The molecule has 1 saturated carbocycles. The second kappa shape index (κ2) is 10.1. The van der Waals surface area contributed by atoms with Crippen LogP contribution in [0.15, 0.2) is 72.8 Å². The Bertz CT molecular complexity index is 828. The van der Waals surface area contributed by atoms with Crippen LogP contribution in [0.4, 0.5) is 0 Å². The van der Waals surface area contributed by atoms with Crippen molar-refractivity contribution < 1.29 is 0 Å². The van der Waals surface area contributed by atoms with Gasteiger partial charge in [-0.25, -0.2) is 0 Å². The first-order chi connectivity index (χ1) is 15.1. The van der Waals surface area contributed by atoms with E-state index in [9.17, 15) is 0 Å². The van der Waals surface area contributed by atoms with Crippen molar-refractivity contribution in [2.75, 3.05) is 34.2 Å². The van der Waals surface area contributed by atoms with E-state index in [1.54, 1.807) is 0 Å².